The van der Waals surface area contributed by atoms with Crippen LogP contribution in [0.5, 0.6) is 0 Å². The number of rotatable bonds is 20. The van der Waals surface area contributed by atoms with Gasteiger partial charge < -0.3 is 35.6 Å². The van der Waals surface area contributed by atoms with Crippen LogP contribution in [-0.2, 0) is 48.2 Å². The Morgan fingerprint density at radius 2 is 1.75 bits per heavy atom. The van der Waals surface area contributed by atoms with E-state index in [1.807, 2.05) is 0 Å². The van der Waals surface area contributed by atoms with Crippen molar-refractivity contribution in [2.45, 2.75) is 57.3 Å². The average Bonchev–Trinajstić information content (AvgIpc) is 3.63. The standard InChI is InChI=1S/C34H43N13O8/c1-45(2)19-37-34-41-29-28(31(51)42-34)38-23(16-36-29)17-46(20-48)24-9-7-21(8-10-24)30(50)40-25(32(52)54-3)11-12-27(49)39-26(33(53)55-4)15-22-18-47(44-43-22)14-6-5-13-35/h7-10,16,18-20,25-26H,5-6,11-15,17,35H2,1-4H3,(H,39,49)(H,40,50)(H,36,41,42,51). The van der Waals surface area contributed by atoms with Gasteiger partial charge in [-0.05, 0) is 50.1 Å². The summed E-state index contributed by atoms with van der Waals surface area (Å²) in [6.45, 7) is 1.09. The van der Waals surface area contributed by atoms with Gasteiger partial charge in [-0.25, -0.2) is 24.5 Å². The molecule has 0 spiro atoms. The van der Waals surface area contributed by atoms with E-state index in [0.717, 1.165) is 20.0 Å². The second-order valence-corrected chi connectivity index (χ2v) is 12.3. The van der Waals surface area contributed by atoms with E-state index in [1.54, 1.807) is 29.9 Å². The molecule has 5 N–H and O–H groups in total. The Bertz CT molecular complexity index is 2050. The molecule has 292 valence electrons. The van der Waals surface area contributed by atoms with Crippen molar-refractivity contribution < 1.29 is 33.4 Å². The predicted molar refractivity (Wildman–Crippen MR) is 197 cm³/mol. The summed E-state index contributed by atoms with van der Waals surface area (Å²) in [6, 6.07) is 3.61. The first-order chi connectivity index (χ1) is 26.4. The fourth-order valence-electron chi connectivity index (χ4n) is 5.10. The van der Waals surface area contributed by atoms with Crippen molar-refractivity contribution in [1.82, 2.24) is 50.5 Å². The summed E-state index contributed by atoms with van der Waals surface area (Å²) in [4.78, 5) is 98.0. The van der Waals surface area contributed by atoms with Crippen LogP contribution in [0.15, 0.2) is 46.4 Å². The van der Waals surface area contributed by atoms with Crippen LogP contribution >= 0.6 is 0 Å². The minimum atomic E-state index is -1.21. The number of benzene rings is 1. The number of H-pyrrole nitrogens is 1. The lowest BCUT2D eigenvalue weighted by atomic mass is 10.1. The Hall–Kier alpha value is -6.64. The molecule has 3 aromatic heterocycles. The highest BCUT2D eigenvalue weighted by Gasteiger charge is 2.27. The number of carbonyl (C=O) groups is 5. The summed E-state index contributed by atoms with van der Waals surface area (Å²) in [6.07, 6.45) is 6.32. The zero-order valence-electron chi connectivity index (χ0n) is 30.8. The second kappa shape index (κ2) is 20.0. The van der Waals surface area contributed by atoms with Gasteiger partial charge in [0.05, 0.1) is 44.7 Å². The fourth-order valence-corrected chi connectivity index (χ4v) is 5.10. The summed E-state index contributed by atoms with van der Waals surface area (Å²) in [7, 11) is 5.86. The number of carbonyl (C=O) groups excluding carboxylic acids is 5. The summed E-state index contributed by atoms with van der Waals surface area (Å²) < 4.78 is 11.3. The van der Waals surface area contributed by atoms with Crippen LogP contribution in [0.2, 0.25) is 0 Å². The number of nitrogens with one attached hydrogen (secondary N) is 3. The molecule has 0 saturated carbocycles. The van der Waals surface area contributed by atoms with E-state index >= 15 is 0 Å². The molecule has 21 nitrogen and oxygen atoms in total. The van der Waals surface area contributed by atoms with E-state index in [4.69, 9.17) is 15.2 Å². The number of aryl methyl sites for hydroxylation is 1. The Morgan fingerprint density at radius 3 is 2.42 bits per heavy atom. The van der Waals surface area contributed by atoms with Crippen LogP contribution in [0.1, 0.15) is 47.4 Å². The summed E-state index contributed by atoms with van der Waals surface area (Å²) in [5.41, 5.74) is 6.32. The molecule has 0 fully saturated rings. The van der Waals surface area contributed by atoms with Crippen LogP contribution in [0, 0.1) is 0 Å². The molecular weight excluding hydrogens is 718 g/mol. The normalized spacial score (nSPS) is 12.2. The number of aromatic amines is 1. The van der Waals surface area contributed by atoms with E-state index in [1.165, 1.54) is 48.8 Å². The van der Waals surface area contributed by atoms with Crippen molar-refractivity contribution in [1.29, 1.82) is 0 Å². The molecule has 0 radical (unpaired) electrons. The van der Waals surface area contributed by atoms with Gasteiger partial charge in [0, 0.05) is 50.9 Å². The molecule has 3 amide bonds. The third kappa shape index (κ3) is 11.9. The molecule has 2 unspecified atom stereocenters. The molecular formula is C34H43N13O8. The molecule has 0 bridgehead atoms. The van der Waals surface area contributed by atoms with Gasteiger partial charge in [0.2, 0.25) is 18.3 Å². The van der Waals surface area contributed by atoms with E-state index in [0.29, 0.717) is 36.6 Å². The van der Waals surface area contributed by atoms with Crippen LogP contribution in [0.25, 0.3) is 11.2 Å². The molecule has 1 aromatic carbocycles. The number of nitrogens with zero attached hydrogens (tertiary/aromatic N) is 9. The smallest absolute Gasteiger partial charge is 0.328 e. The Morgan fingerprint density at radius 1 is 1.02 bits per heavy atom. The summed E-state index contributed by atoms with van der Waals surface area (Å²) in [5, 5.41) is 13.3. The van der Waals surface area contributed by atoms with E-state index in [9.17, 15) is 28.8 Å². The molecule has 2 atom stereocenters. The molecule has 4 aromatic rings. The van der Waals surface area contributed by atoms with Crippen LogP contribution < -0.4 is 26.8 Å². The van der Waals surface area contributed by atoms with Crippen LogP contribution in [0.3, 0.4) is 0 Å². The van der Waals surface area contributed by atoms with E-state index in [-0.39, 0.29) is 48.5 Å². The van der Waals surface area contributed by atoms with Gasteiger partial charge in [0.25, 0.3) is 11.5 Å². The van der Waals surface area contributed by atoms with Crippen molar-refractivity contribution in [3.8, 4) is 0 Å². The molecule has 0 aliphatic carbocycles. The first kappa shape index (κ1) is 41.1. The number of fused-ring (bicyclic) bond motifs is 1. The van der Waals surface area contributed by atoms with Crippen molar-refractivity contribution in [3.63, 3.8) is 0 Å². The van der Waals surface area contributed by atoms with Gasteiger partial charge in [-0.3, -0.25) is 28.8 Å². The number of anilines is 1. The predicted octanol–water partition coefficient (Wildman–Crippen LogP) is -0.620. The van der Waals surface area contributed by atoms with Crippen molar-refractivity contribution in [2.24, 2.45) is 10.7 Å². The fraction of sp³-hybridized carbons (Fsp3) is 0.412. The highest BCUT2D eigenvalue weighted by molar-refractivity contribution is 5.97. The number of hydrogen-bond acceptors (Lipinski definition) is 15. The number of esters is 2. The van der Waals surface area contributed by atoms with Gasteiger partial charge in [0.1, 0.15) is 12.1 Å². The summed E-state index contributed by atoms with van der Waals surface area (Å²) in [5.74, 6) is -2.66. The number of nitrogens with two attached hydrogens (primary N) is 1. The zero-order chi connectivity index (χ0) is 39.9. The quantitative estimate of drug-likeness (QED) is 0.0287. The van der Waals surface area contributed by atoms with Gasteiger partial charge in [0.15, 0.2) is 11.2 Å². The molecule has 0 aliphatic rings. The third-order valence-electron chi connectivity index (χ3n) is 7.90. The van der Waals surface area contributed by atoms with Gasteiger partial charge >= 0.3 is 11.9 Å². The molecule has 3 heterocycles. The second-order valence-electron chi connectivity index (χ2n) is 12.3. The van der Waals surface area contributed by atoms with Crippen LogP contribution in [-0.4, -0.2) is 123 Å². The molecule has 55 heavy (non-hydrogen) atoms. The Kier molecular flexibility index (Phi) is 14.9. The Labute approximate surface area is 314 Å². The minimum Gasteiger partial charge on any atom is -0.467 e. The van der Waals surface area contributed by atoms with Crippen molar-refractivity contribution in [3.05, 3.63) is 64.0 Å². The van der Waals surface area contributed by atoms with Crippen molar-refractivity contribution >= 4 is 59.3 Å². The maximum Gasteiger partial charge on any atom is 0.328 e. The number of aliphatic imine (C=N–C) groups is 1. The monoisotopic (exact) mass is 761 g/mol. The maximum absolute atomic E-state index is 13.2. The average molecular weight is 762 g/mol. The number of methoxy groups -OCH3 is 2. The lowest BCUT2D eigenvalue weighted by Crippen LogP contribution is -2.45. The third-order valence-corrected chi connectivity index (χ3v) is 7.90. The minimum absolute atomic E-state index is 0.0190. The Balaban J connectivity index is 1.36. The number of unbranched alkanes of at least 4 members (excludes halogenated alkanes) is 1. The highest BCUT2D eigenvalue weighted by Crippen LogP contribution is 2.18. The molecule has 0 saturated heterocycles. The largest absolute Gasteiger partial charge is 0.467 e. The van der Waals surface area contributed by atoms with Gasteiger partial charge in [-0.1, -0.05) is 5.21 Å². The number of aromatic nitrogens is 7. The van der Waals surface area contributed by atoms with Crippen LogP contribution in [0.4, 0.5) is 11.6 Å². The topological polar surface area (TPSA) is 275 Å². The van der Waals surface area contributed by atoms with Gasteiger partial charge in [-0.2, -0.15) is 4.98 Å². The van der Waals surface area contributed by atoms with Gasteiger partial charge in [-0.15, -0.1) is 5.10 Å². The molecule has 21 heteroatoms. The van der Waals surface area contributed by atoms with E-state index in [2.05, 4.69) is 45.9 Å². The molecule has 0 aliphatic heterocycles. The number of amides is 3. The number of hydrogen-bond donors (Lipinski definition) is 4. The molecule has 4 rings (SSSR count). The lowest BCUT2D eigenvalue weighted by molar-refractivity contribution is -0.145. The lowest BCUT2D eigenvalue weighted by Gasteiger charge is -2.19. The van der Waals surface area contributed by atoms with Crippen molar-refractivity contribution in [2.75, 3.05) is 39.8 Å². The number of ether oxygens (including phenoxy) is 2. The SMILES string of the molecule is COC(=O)C(Cc1cn(CCCCN)nn1)NC(=O)CCC(NC(=O)c1ccc(N(C=O)Cc2cnc3nc(N=CN(C)C)[nH]c(=O)c3n2)cc1)C(=O)OC. The first-order valence-electron chi connectivity index (χ1n) is 17.1. The first-order valence-corrected chi connectivity index (χ1v) is 17.1. The zero-order valence-corrected chi connectivity index (χ0v) is 30.8. The highest BCUT2D eigenvalue weighted by atomic mass is 16.5. The maximum atomic E-state index is 13.2. The summed E-state index contributed by atoms with van der Waals surface area (Å²) >= 11 is 0. The van der Waals surface area contributed by atoms with E-state index < -0.39 is 41.4 Å².